The number of amides is 1. The van der Waals surface area contributed by atoms with Crippen LogP contribution in [0.2, 0.25) is 0 Å². The predicted molar refractivity (Wildman–Crippen MR) is 143 cm³/mol. The molecule has 0 unspecified atom stereocenters. The van der Waals surface area contributed by atoms with Crippen LogP contribution in [0, 0.1) is 12.7 Å². The molecule has 0 N–H and O–H groups in total. The lowest BCUT2D eigenvalue weighted by Gasteiger charge is -2.36. The minimum Gasteiger partial charge on any atom is -0.497 e. The van der Waals surface area contributed by atoms with E-state index in [1.807, 2.05) is 11.8 Å². The molecule has 0 bridgehead atoms. The number of carbonyl (C=O) groups excluding carboxylic acids is 1. The molecule has 1 amide bonds. The molecule has 5 rings (SSSR count). The number of carbonyl (C=O) groups is 1. The van der Waals surface area contributed by atoms with E-state index in [1.54, 1.807) is 49.2 Å². The minimum absolute atomic E-state index is 0.0679. The molecule has 0 atom stereocenters. The van der Waals surface area contributed by atoms with Crippen LogP contribution in [0.15, 0.2) is 42.5 Å². The fourth-order valence-electron chi connectivity index (χ4n) is 4.77. The number of piperazine rings is 1. The monoisotopic (exact) mass is 518 g/mol. The van der Waals surface area contributed by atoms with Crippen molar-refractivity contribution >= 4 is 22.8 Å². The van der Waals surface area contributed by atoms with Crippen LogP contribution in [-0.2, 0) is 6.42 Å². The molecule has 38 heavy (non-hydrogen) atoms. The van der Waals surface area contributed by atoms with Crippen molar-refractivity contribution in [1.29, 1.82) is 0 Å². The molecule has 10 heteroatoms. The summed E-state index contributed by atoms with van der Waals surface area (Å²) in [6.07, 6.45) is 1.63. The molecule has 1 fully saturated rings. The summed E-state index contributed by atoms with van der Waals surface area (Å²) in [6, 6.07) is 11.4. The van der Waals surface area contributed by atoms with Crippen molar-refractivity contribution in [3.8, 4) is 17.2 Å². The third-order valence-corrected chi connectivity index (χ3v) is 6.74. The Labute approximate surface area is 220 Å². The lowest BCUT2D eigenvalue weighted by Crippen LogP contribution is -2.49. The standard InChI is InChI=1S/C28H31FN6O3/c1-5-6-24-30-26(25-18(2)32-35(27(25)31-24)21-9-7-20(29)8-10-21)33-11-13-34(14-12-33)28(36)19-15-22(37-3)17-23(16-19)38-4/h7-10,15-17H,5-6,11-14H2,1-4H3. The van der Waals surface area contributed by atoms with E-state index in [1.165, 1.54) is 12.1 Å². The summed E-state index contributed by atoms with van der Waals surface area (Å²) in [7, 11) is 3.13. The zero-order valence-corrected chi connectivity index (χ0v) is 22.1. The number of fused-ring (bicyclic) bond motifs is 1. The van der Waals surface area contributed by atoms with Crippen molar-refractivity contribution in [3.63, 3.8) is 0 Å². The fraction of sp³-hybridized carbons (Fsp3) is 0.357. The Morgan fingerprint density at radius 1 is 0.974 bits per heavy atom. The minimum atomic E-state index is -0.302. The van der Waals surface area contributed by atoms with Crippen LogP contribution in [-0.4, -0.2) is 71.0 Å². The molecule has 0 spiro atoms. The van der Waals surface area contributed by atoms with Gasteiger partial charge in [-0.3, -0.25) is 4.79 Å². The van der Waals surface area contributed by atoms with Gasteiger partial charge in [-0.25, -0.2) is 19.0 Å². The van der Waals surface area contributed by atoms with Crippen molar-refractivity contribution in [3.05, 3.63) is 65.4 Å². The molecule has 1 aliphatic rings. The fourth-order valence-corrected chi connectivity index (χ4v) is 4.77. The summed E-state index contributed by atoms with van der Waals surface area (Å²) >= 11 is 0. The Hall–Kier alpha value is -4.21. The number of hydrogen-bond acceptors (Lipinski definition) is 7. The second kappa shape index (κ2) is 10.6. The lowest BCUT2D eigenvalue weighted by molar-refractivity contribution is 0.0746. The summed E-state index contributed by atoms with van der Waals surface area (Å²) in [5.74, 6) is 2.34. The third kappa shape index (κ3) is 4.85. The number of rotatable bonds is 7. The number of hydrogen-bond donors (Lipinski definition) is 0. The molecule has 1 aliphatic heterocycles. The summed E-state index contributed by atoms with van der Waals surface area (Å²) in [5, 5.41) is 5.61. The number of nitrogens with zero attached hydrogens (tertiary/aromatic N) is 6. The topological polar surface area (TPSA) is 85.6 Å². The molecule has 9 nitrogen and oxygen atoms in total. The Kier molecular flexibility index (Phi) is 7.13. The molecular weight excluding hydrogens is 487 g/mol. The van der Waals surface area contributed by atoms with Crippen LogP contribution >= 0.6 is 0 Å². The molecular formula is C28H31FN6O3. The van der Waals surface area contributed by atoms with Crippen LogP contribution in [0.5, 0.6) is 11.5 Å². The van der Waals surface area contributed by atoms with Gasteiger partial charge in [-0.15, -0.1) is 0 Å². The van der Waals surface area contributed by atoms with Gasteiger partial charge in [-0.1, -0.05) is 6.92 Å². The van der Waals surface area contributed by atoms with Gasteiger partial charge >= 0.3 is 0 Å². The molecule has 2 aromatic carbocycles. The maximum Gasteiger partial charge on any atom is 0.254 e. The maximum absolute atomic E-state index is 13.6. The van der Waals surface area contributed by atoms with Gasteiger partial charge in [0, 0.05) is 44.2 Å². The normalized spacial score (nSPS) is 13.7. The van der Waals surface area contributed by atoms with Crippen molar-refractivity contribution in [1.82, 2.24) is 24.6 Å². The van der Waals surface area contributed by atoms with E-state index in [-0.39, 0.29) is 11.7 Å². The summed E-state index contributed by atoms with van der Waals surface area (Å²) in [4.78, 5) is 27.1. The average Bonchev–Trinajstić information content (AvgIpc) is 3.28. The zero-order valence-electron chi connectivity index (χ0n) is 22.1. The number of halogens is 1. The first-order chi connectivity index (χ1) is 18.4. The Morgan fingerprint density at radius 3 is 2.24 bits per heavy atom. The lowest BCUT2D eigenvalue weighted by atomic mass is 10.1. The van der Waals surface area contributed by atoms with Crippen molar-refractivity contribution in [2.45, 2.75) is 26.7 Å². The van der Waals surface area contributed by atoms with Gasteiger partial charge in [-0.2, -0.15) is 5.10 Å². The number of benzene rings is 2. The van der Waals surface area contributed by atoms with Gasteiger partial charge in [0.25, 0.3) is 5.91 Å². The largest absolute Gasteiger partial charge is 0.497 e. The first-order valence-corrected chi connectivity index (χ1v) is 12.7. The number of aromatic nitrogens is 4. The van der Waals surface area contributed by atoms with Crippen molar-refractivity contribution in [2.24, 2.45) is 0 Å². The van der Waals surface area contributed by atoms with Gasteiger partial charge < -0.3 is 19.3 Å². The van der Waals surface area contributed by atoms with E-state index in [4.69, 9.17) is 24.5 Å². The highest BCUT2D eigenvalue weighted by atomic mass is 19.1. The van der Waals surface area contributed by atoms with Crippen LogP contribution in [0.1, 0.15) is 35.2 Å². The third-order valence-electron chi connectivity index (χ3n) is 6.74. The van der Waals surface area contributed by atoms with E-state index in [0.717, 1.165) is 41.3 Å². The number of methoxy groups -OCH3 is 2. The van der Waals surface area contributed by atoms with Crippen molar-refractivity contribution < 1.29 is 18.7 Å². The summed E-state index contributed by atoms with van der Waals surface area (Å²) in [5.41, 5.74) is 2.76. The van der Waals surface area contributed by atoms with Gasteiger partial charge in [0.05, 0.1) is 31.0 Å². The van der Waals surface area contributed by atoms with E-state index in [2.05, 4.69) is 11.8 Å². The summed E-state index contributed by atoms with van der Waals surface area (Å²) in [6.45, 7) is 6.34. The van der Waals surface area contributed by atoms with Crippen LogP contribution in [0.3, 0.4) is 0 Å². The van der Waals surface area contributed by atoms with Crippen molar-refractivity contribution in [2.75, 3.05) is 45.3 Å². The second-order valence-electron chi connectivity index (χ2n) is 9.27. The quantitative estimate of drug-likeness (QED) is 0.363. The first kappa shape index (κ1) is 25.4. The van der Waals surface area contributed by atoms with E-state index in [9.17, 15) is 9.18 Å². The van der Waals surface area contributed by atoms with Crippen LogP contribution < -0.4 is 14.4 Å². The van der Waals surface area contributed by atoms with Gasteiger partial charge in [-0.05, 0) is 49.7 Å². The number of aryl methyl sites for hydroxylation is 2. The maximum atomic E-state index is 13.6. The molecule has 4 aromatic rings. The molecule has 2 aromatic heterocycles. The van der Waals surface area contributed by atoms with E-state index in [0.29, 0.717) is 48.9 Å². The Bertz CT molecular complexity index is 1440. The number of anilines is 1. The number of ether oxygens (including phenoxy) is 2. The smallest absolute Gasteiger partial charge is 0.254 e. The van der Waals surface area contributed by atoms with Crippen LogP contribution in [0.25, 0.3) is 16.7 Å². The molecule has 3 heterocycles. The van der Waals surface area contributed by atoms with E-state index < -0.39 is 0 Å². The highest BCUT2D eigenvalue weighted by Crippen LogP contribution is 2.30. The average molecular weight is 519 g/mol. The summed E-state index contributed by atoms with van der Waals surface area (Å²) < 4.78 is 26.0. The highest BCUT2D eigenvalue weighted by molar-refractivity contribution is 5.95. The van der Waals surface area contributed by atoms with Crippen LogP contribution in [0.4, 0.5) is 10.2 Å². The first-order valence-electron chi connectivity index (χ1n) is 12.7. The molecule has 0 radical (unpaired) electrons. The Morgan fingerprint density at radius 2 is 1.63 bits per heavy atom. The molecule has 198 valence electrons. The molecule has 0 aliphatic carbocycles. The molecule has 1 saturated heterocycles. The zero-order chi connectivity index (χ0) is 26.8. The predicted octanol–water partition coefficient (Wildman–Crippen LogP) is 4.20. The van der Waals surface area contributed by atoms with Gasteiger partial charge in [0.2, 0.25) is 0 Å². The highest BCUT2D eigenvalue weighted by Gasteiger charge is 2.27. The van der Waals surface area contributed by atoms with Gasteiger partial charge in [0.15, 0.2) is 5.65 Å². The Balaban J connectivity index is 1.44. The van der Waals surface area contributed by atoms with Gasteiger partial charge in [0.1, 0.15) is 29.0 Å². The van der Waals surface area contributed by atoms with E-state index >= 15 is 0 Å². The molecule has 0 saturated carbocycles. The second-order valence-corrected chi connectivity index (χ2v) is 9.27. The SMILES string of the molecule is CCCc1nc(N2CCN(C(=O)c3cc(OC)cc(OC)c3)CC2)c2c(C)nn(-c3ccc(F)cc3)c2n1.